The maximum Gasteiger partial charge on any atom is 0.257 e. The summed E-state index contributed by atoms with van der Waals surface area (Å²) in [6.45, 7) is 3.07. The molecule has 0 fully saturated rings. The highest BCUT2D eigenvalue weighted by Gasteiger charge is 2.18. The van der Waals surface area contributed by atoms with Crippen LogP contribution in [-0.4, -0.2) is 27.2 Å². The molecule has 0 saturated heterocycles. The third kappa shape index (κ3) is 4.75. The van der Waals surface area contributed by atoms with Gasteiger partial charge < -0.3 is 10.4 Å². The van der Waals surface area contributed by atoms with Crippen LogP contribution in [0.25, 0.3) is 11.4 Å². The smallest absolute Gasteiger partial charge is 0.257 e. The van der Waals surface area contributed by atoms with Gasteiger partial charge in [-0.1, -0.05) is 24.3 Å². The Bertz CT molecular complexity index is 1110. The number of aliphatic hydroxyl groups is 1. The second-order valence-corrected chi connectivity index (χ2v) is 6.79. The van der Waals surface area contributed by atoms with Crippen molar-refractivity contribution in [3.63, 3.8) is 0 Å². The van der Waals surface area contributed by atoms with Crippen molar-refractivity contribution in [2.45, 2.75) is 26.8 Å². The lowest BCUT2D eigenvalue weighted by Gasteiger charge is -2.16. The van der Waals surface area contributed by atoms with E-state index in [0.717, 1.165) is 5.56 Å². The molecule has 0 radical (unpaired) electrons. The Morgan fingerprint density at radius 1 is 1.17 bits per heavy atom. The number of carbonyl (C=O) groups excluding carboxylic acids is 1. The molecular weight excluding hydrogens is 373 g/mol. The maximum atomic E-state index is 13.7. The minimum atomic E-state index is -0.468. The van der Waals surface area contributed by atoms with Crippen LogP contribution in [0.5, 0.6) is 0 Å². The Labute approximate surface area is 167 Å². The van der Waals surface area contributed by atoms with Gasteiger partial charge in [0.25, 0.3) is 5.56 Å². The lowest BCUT2D eigenvalue weighted by Crippen LogP contribution is -2.33. The predicted molar refractivity (Wildman–Crippen MR) is 109 cm³/mol. The molecule has 29 heavy (non-hydrogen) atoms. The van der Waals surface area contributed by atoms with Crippen molar-refractivity contribution in [3.8, 4) is 11.4 Å². The summed E-state index contributed by atoms with van der Waals surface area (Å²) in [6.07, 6.45) is 0.126. The molecule has 1 heterocycles. The summed E-state index contributed by atoms with van der Waals surface area (Å²) in [5.74, 6) is -0.673. The monoisotopic (exact) mass is 395 g/mol. The van der Waals surface area contributed by atoms with E-state index in [1.165, 1.54) is 22.8 Å². The van der Waals surface area contributed by atoms with E-state index in [2.05, 4.69) is 10.3 Å². The van der Waals surface area contributed by atoms with E-state index in [-0.39, 0.29) is 25.4 Å². The first-order valence-electron chi connectivity index (χ1n) is 9.22. The first kappa shape index (κ1) is 20.4. The molecule has 0 unspecified atom stereocenters. The van der Waals surface area contributed by atoms with Gasteiger partial charge in [-0.2, -0.15) is 0 Å². The molecule has 0 spiro atoms. The fraction of sp³-hybridized carbons (Fsp3) is 0.227. The molecule has 0 atom stereocenters. The topological polar surface area (TPSA) is 84.2 Å². The van der Waals surface area contributed by atoms with Gasteiger partial charge in [0.1, 0.15) is 18.2 Å². The lowest BCUT2D eigenvalue weighted by atomic mass is 10.1. The molecule has 0 aliphatic heterocycles. The summed E-state index contributed by atoms with van der Waals surface area (Å²) in [5.41, 5.74) is 2.35. The maximum absolute atomic E-state index is 13.7. The van der Waals surface area contributed by atoms with Crippen molar-refractivity contribution in [1.29, 1.82) is 0 Å². The Balaban J connectivity index is 2.03. The van der Waals surface area contributed by atoms with E-state index < -0.39 is 17.3 Å². The zero-order chi connectivity index (χ0) is 21.0. The second-order valence-electron chi connectivity index (χ2n) is 6.79. The van der Waals surface area contributed by atoms with E-state index in [4.69, 9.17) is 0 Å². The Hall–Kier alpha value is -3.32. The number of halogens is 1. The molecule has 7 heteroatoms. The van der Waals surface area contributed by atoms with Gasteiger partial charge in [0.05, 0.1) is 0 Å². The minimum Gasteiger partial charge on any atom is -0.396 e. The van der Waals surface area contributed by atoms with Crippen LogP contribution in [-0.2, 0) is 17.8 Å². The van der Waals surface area contributed by atoms with E-state index in [1.807, 2.05) is 25.1 Å². The summed E-state index contributed by atoms with van der Waals surface area (Å²) >= 11 is 0. The zero-order valence-corrected chi connectivity index (χ0v) is 16.3. The molecule has 2 N–H and O–H groups in total. The summed E-state index contributed by atoms with van der Waals surface area (Å²) < 4.78 is 15.0. The number of aryl methyl sites for hydroxylation is 2. The van der Waals surface area contributed by atoms with Gasteiger partial charge in [-0.15, -0.1) is 0 Å². The standard InChI is InChI=1S/C22H22FN3O3/c1-14-5-3-8-18(11-14)25-20(28)13-26-21(16-6-4-7-17(23)12-16)24-15(2)19(9-10-27)22(26)29/h3-8,11-12,27H,9-10,13H2,1-2H3,(H,25,28). The molecule has 1 amide bonds. The summed E-state index contributed by atoms with van der Waals surface area (Å²) in [7, 11) is 0. The average Bonchev–Trinajstić information content (AvgIpc) is 2.67. The zero-order valence-electron chi connectivity index (χ0n) is 16.3. The summed E-state index contributed by atoms with van der Waals surface area (Å²) in [5, 5.41) is 12.0. The number of nitrogens with zero attached hydrogens (tertiary/aromatic N) is 2. The summed E-state index contributed by atoms with van der Waals surface area (Å²) in [4.78, 5) is 30.1. The molecule has 3 rings (SSSR count). The fourth-order valence-electron chi connectivity index (χ4n) is 3.16. The van der Waals surface area contributed by atoms with Crippen LogP contribution in [0.15, 0.2) is 53.3 Å². The van der Waals surface area contributed by atoms with Crippen LogP contribution in [0.3, 0.4) is 0 Å². The Kier molecular flexibility index (Phi) is 6.19. The number of rotatable bonds is 6. The minimum absolute atomic E-state index is 0.126. The van der Waals surface area contributed by atoms with Gasteiger partial charge in [0.15, 0.2) is 0 Å². The SMILES string of the molecule is Cc1cccc(NC(=O)Cn2c(-c3cccc(F)c3)nc(C)c(CCO)c2=O)c1. The van der Waals surface area contributed by atoms with Crippen LogP contribution in [0.4, 0.5) is 10.1 Å². The lowest BCUT2D eigenvalue weighted by molar-refractivity contribution is -0.116. The van der Waals surface area contributed by atoms with E-state index in [9.17, 15) is 19.1 Å². The highest BCUT2D eigenvalue weighted by Crippen LogP contribution is 2.19. The van der Waals surface area contributed by atoms with Gasteiger partial charge in [-0.25, -0.2) is 9.37 Å². The first-order valence-corrected chi connectivity index (χ1v) is 9.22. The van der Waals surface area contributed by atoms with Crippen LogP contribution < -0.4 is 10.9 Å². The Morgan fingerprint density at radius 3 is 2.62 bits per heavy atom. The van der Waals surface area contributed by atoms with Crippen molar-refractivity contribution in [2.75, 3.05) is 11.9 Å². The number of nitrogens with one attached hydrogen (secondary N) is 1. The third-order valence-electron chi connectivity index (χ3n) is 4.52. The van der Waals surface area contributed by atoms with Crippen molar-refractivity contribution in [2.24, 2.45) is 0 Å². The van der Waals surface area contributed by atoms with Crippen LogP contribution in [0, 0.1) is 19.7 Å². The first-order chi connectivity index (χ1) is 13.9. The van der Waals surface area contributed by atoms with Gasteiger partial charge in [0, 0.05) is 35.5 Å². The van der Waals surface area contributed by atoms with Crippen molar-refractivity contribution >= 4 is 11.6 Å². The number of aliphatic hydroxyl groups excluding tert-OH is 1. The van der Waals surface area contributed by atoms with Crippen molar-refractivity contribution < 1.29 is 14.3 Å². The molecule has 0 saturated carbocycles. The third-order valence-corrected chi connectivity index (χ3v) is 4.52. The number of hydrogen-bond acceptors (Lipinski definition) is 4. The van der Waals surface area contributed by atoms with E-state index in [0.29, 0.717) is 22.5 Å². The van der Waals surface area contributed by atoms with Gasteiger partial charge >= 0.3 is 0 Å². The largest absolute Gasteiger partial charge is 0.396 e. The number of aromatic nitrogens is 2. The van der Waals surface area contributed by atoms with Crippen LogP contribution in [0.2, 0.25) is 0 Å². The fourth-order valence-corrected chi connectivity index (χ4v) is 3.16. The van der Waals surface area contributed by atoms with Crippen LogP contribution >= 0.6 is 0 Å². The molecule has 0 bridgehead atoms. The molecule has 1 aromatic heterocycles. The van der Waals surface area contributed by atoms with Crippen LogP contribution in [0.1, 0.15) is 16.8 Å². The molecule has 3 aromatic rings. The van der Waals surface area contributed by atoms with Gasteiger partial charge in [0.2, 0.25) is 5.91 Å². The van der Waals surface area contributed by atoms with Gasteiger partial charge in [-0.3, -0.25) is 14.2 Å². The molecule has 0 aliphatic carbocycles. The summed E-state index contributed by atoms with van der Waals surface area (Å²) in [6, 6.07) is 13.0. The highest BCUT2D eigenvalue weighted by atomic mass is 19.1. The molecule has 6 nitrogen and oxygen atoms in total. The molecule has 0 aliphatic rings. The quantitative estimate of drug-likeness (QED) is 0.672. The number of amides is 1. The average molecular weight is 395 g/mol. The highest BCUT2D eigenvalue weighted by molar-refractivity contribution is 5.90. The number of hydrogen-bond donors (Lipinski definition) is 2. The van der Waals surface area contributed by atoms with Crippen molar-refractivity contribution in [3.05, 3.63) is 81.5 Å². The normalized spacial score (nSPS) is 10.8. The van der Waals surface area contributed by atoms with Crippen molar-refractivity contribution in [1.82, 2.24) is 9.55 Å². The molecular formula is C22H22FN3O3. The van der Waals surface area contributed by atoms with Gasteiger partial charge in [-0.05, 0) is 43.7 Å². The van der Waals surface area contributed by atoms with E-state index >= 15 is 0 Å². The second kappa shape index (κ2) is 8.79. The number of anilines is 1. The number of benzene rings is 2. The number of carbonyl (C=O) groups is 1. The Morgan fingerprint density at radius 2 is 1.93 bits per heavy atom. The predicted octanol–water partition coefficient (Wildman–Crippen LogP) is 2.84. The molecule has 150 valence electrons. The van der Waals surface area contributed by atoms with E-state index in [1.54, 1.807) is 19.1 Å². The molecule has 2 aromatic carbocycles.